The molecule has 1 N–H and O–H groups in total. The molecule has 1 amide bonds. The minimum absolute atomic E-state index is 0.0315. The zero-order valence-electron chi connectivity index (χ0n) is 15.2. The van der Waals surface area contributed by atoms with Gasteiger partial charge in [0.2, 0.25) is 5.91 Å². The Hall–Kier alpha value is -1.97. The van der Waals surface area contributed by atoms with Gasteiger partial charge in [-0.2, -0.15) is 0 Å². The third-order valence-corrected chi connectivity index (χ3v) is 4.34. The van der Waals surface area contributed by atoms with Crippen LogP contribution >= 0.6 is 0 Å². The lowest BCUT2D eigenvalue weighted by Gasteiger charge is -2.26. The molecule has 132 valence electrons. The van der Waals surface area contributed by atoms with Gasteiger partial charge in [0.25, 0.3) is 0 Å². The fourth-order valence-corrected chi connectivity index (χ4v) is 2.96. The zero-order chi connectivity index (χ0) is 17.5. The Bertz CT molecular complexity index is 572. The van der Waals surface area contributed by atoms with Crippen molar-refractivity contribution in [3.05, 3.63) is 29.8 Å². The highest BCUT2D eigenvalue weighted by atomic mass is 16.5. The Labute approximate surface area is 145 Å². The summed E-state index contributed by atoms with van der Waals surface area (Å²) in [6.45, 7) is 6.23. The maximum atomic E-state index is 12.1. The van der Waals surface area contributed by atoms with E-state index < -0.39 is 0 Å². The molecule has 1 aliphatic rings. The first-order valence-electron chi connectivity index (χ1n) is 8.81. The molecule has 0 spiro atoms. The first-order chi connectivity index (χ1) is 11.5. The lowest BCUT2D eigenvalue weighted by Crippen LogP contribution is -2.36. The van der Waals surface area contributed by atoms with Gasteiger partial charge in [0, 0.05) is 12.1 Å². The van der Waals surface area contributed by atoms with Gasteiger partial charge in [-0.25, -0.2) is 0 Å². The van der Waals surface area contributed by atoms with E-state index in [1.807, 2.05) is 38.1 Å². The van der Waals surface area contributed by atoms with E-state index in [0.717, 1.165) is 24.3 Å². The average molecular weight is 331 g/mol. The van der Waals surface area contributed by atoms with Crippen molar-refractivity contribution in [2.75, 3.05) is 7.11 Å². The zero-order valence-corrected chi connectivity index (χ0v) is 15.2. The van der Waals surface area contributed by atoms with Crippen molar-refractivity contribution in [2.24, 2.45) is 5.92 Å². The van der Waals surface area contributed by atoms with Crippen molar-refractivity contribution >= 4 is 12.0 Å². The SMILES string of the molecule is COc1cc(C=CC(=O)NC2CCC(C)CC2)ccc1OC(C)C. The van der Waals surface area contributed by atoms with Gasteiger partial charge in [0.1, 0.15) is 0 Å². The predicted octanol–water partition coefficient (Wildman–Crippen LogP) is 4.19. The summed E-state index contributed by atoms with van der Waals surface area (Å²) in [6.07, 6.45) is 8.04. The molecule has 0 saturated heterocycles. The van der Waals surface area contributed by atoms with Crippen LogP contribution in [0.4, 0.5) is 0 Å². The molecule has 0 aromatic heterocycles. The van der Waals surface area contributed by atoms with Crippen LogP contribution in [0.1, 0.15) is 52.0 Å². The molecule has 4 heteroatoms. The van der Waals surface area contributed by atoms with Crippen LogP contribution < -0.4 is 14.8 Å². The number of ether oxygens (including phenoxy) is 2. The minimum Gasteiger partial charge on any atom is -0.493 e. The Morgan fingerprint density at radius 1 is 1.21 bits per heavy atom. The van der Waals surface area contributed by atoms with Gasteiger partial charge < -0.3 is 14.8 Å². The van der Waals surface area contributed by atoms with Crippen molar-refractivity contribution in [1.29, 1.82) is 0 Å². The van der Waals surface area contributed by atoms with Gasteiger partial charge in [-0.3, -0.25) is 4.79 Å². The third kappa shape index (κ3) is 5.59. The molecule has 0 atom stereocenters. The van der Waals surface area contributed by atoms with E-state index in [9.17, 15) is 4.79 Å². The molecule has 2 rings (SSSR count). The molecule has 1 aromatic rings. The van der Waals surface area contributed by atoms with E-state index in [2.05, 4.69) is 12.2 Å². The summed E-state index contributed by atoms with van der Waals surface area (Å²) < 4.78 is 11.1. The second-order valence-electron chi connectivity index (χ2n) is 6.88. The fraction of sp³-hybridized carbons (Fsp3) is 0.550. The van der Waals surface area contributed by atoms with Crippen LogP contribution in [-0.2, 0) is 4.79 Å². The van der Waals surface area contributed by atoms with Crippen molar-refractivity contribution in [2.45, 2.75) is 58.6 Å². The van der Waals surface area contributed by atoms with Crippen LogP contribution in [0, 0.1) is 5.92 Å². The topological polar surface area (TPSA) is 47.6 Å². The van der Waals surface area contributed by atoms with Crippen LogP contribution in [0.15, 0.2) is 24.3 Å². The Kier molecular flexibility index (Phi) is 6.71. The van der Waals surface area contributed by atoms with E-state index >= 15 is 0 Å². The van der Waals surface area contributed by atoms with E-state index in [1.165, 1.54) is 12.8 Å². The summed E-state index contributed by atoms with van der Waals surface area (Å²) in [7, 11) is 1.62. The number of methoxy groups -OCH3 is 1. The quantitative estimate of drug-likeness (QED) is 0.795. The lowest BCUT2D eigenvalue weighted by atomic mass is 9.87. The van der Waals surface area contributed by atoms with E-state index in [4.69, 9.17) is 9.47 Å². The van der Waals surface area contributed by atoms with Crippen molar-refractivity contribution < 1.29 is 14.3 Å². The van der Waals surface area contributed by atoms with Crippen LogP contribution in [0.25, 0.3) is 6.08 Å². The van der Waals surface area contributed by atoms with Gasteiger partial charge in [-0.1, -0.05) is 13.0 Å². The number of amides is 1. The highest BCUT2D eigenvalue weighted by molar-refractivity contribution is 5.92. The molecule has 1 fully saturated rings. The van der Waals surface area contributed by atoms with E-state index in [-0.39, 0.29) is 12.0 Å². The van der Waals surface area contributed by atoms with Crippen molar-refractivity contribution in [3.63, 3.8) is 0 Å². The van der Waals surface area contributed by atoms with Gasteiger partial charge in [-0.15, -0.1) is 0 Å². The third-order valence-electron chi connectivity index (χ3n) is 4.34. The van der Waals surface area contributed by atoms with Crippen LogP contribution in [-0.4, -0.2) is 25.2 Å². The Balaban J connectivity index is 1.94. The van der Waals surface area contributed by atoms with Crippen LogP contribution in [0.5, 0.6) is 11.5 Å². The molecule has 1 aliphatic carbocycles. The summed E-state index contributed by atoms with van der Waals surface area (Å²) in [4.78, 5) is 12.1. The largest absolute Gasteiger partial charge is 0.493 e. The summed E-state index contributed by atoms with van der Waals surface area (Å²) in [5.74, 6) is 2.14. The highest BCUT2D eigenvalue weighted by Gasteiger charge is 2.18. The molecule has 0 heterocycles. The molecule has 0 bridgehead atoms. The first-order valence-corrected chi connectivity index (χ1v) is 8.81. The second-order valence-corrected chi connectivity index (χ2v) is 6.88. The predicted molar refractivity (Wildman–Crippen MR) is 97.4 cm³/mol. The lowest BCUT2D eigenvalue weighted by molar-refractivity contribution is -0.117. The molecular weight excluding hydrogens is 302 g/mol. The molecule has 4 nitrogen and oxygen atoms in total. The number of hydrogen-bond donors (Lipinski definition) is 1. The normalized spacial score (nSPS) is 21.0. The molecular formula is C20H29NO3. The van der Waals surface area contributed by atoms with Crippen molar-refractivity contribution in [3.8, 4) is 11.5 Å². The highest BCUT2D eigenvalue weighted by Crippen LogP contribution is 2.29. The molecule has 0 aliphatic heterocycles. The summed E-state index contributed by atoms with van der Waals surface area (Å²) in [5, 5.41) is 3.09. The van der Waals surface area contributed by atoms with Crippen LogP contribution in [0.2, 0.25) is 0 Å². The number of hydrogen-bond acceptors (Lipinski definition) is 3. The molecule has 1 aromatic carbocycles. The van der Waals surface area contributed by atoms with Gasteiger partial charge >= 0.3 is 0 Å². The number of rotatable bonds is 6. The second kappa shape index (κ2) is 8.76. The van der Waals surface area contributed by atoms with Gasteiger partial charge in [-0.05, 0) is 69.2 Å². The van der Waals surface area contributed by atoms with E-state index in [1.54, 1.807) is 13.2 Å². The number of nitrogens with one attached hydrogen (secondary N) is 1. The maximum absolute atomic E-state index is 12.1. The fourth-order valence-electron chi connectivity index (χ4n) is 2.96. The number of carbonyl (C=O) groups is 1. The monoisotopic (exact) mass is 331 g/mol. The number of carbonyl (C=O) groups excluding carboxylic acids is 1. The van der Waals surface area contributed by atoms with Crippen molar-refractivity contribution in [1.82, 2.24) is 5.32 Å². The van der Waals surface area contributed by atoms with Gasteiger partial charge in [0.05, 0.1) is 13.2 Å². The van der Waals surface area contributed by atoms with E-state index in [0.29, 0.717) is 17.5 Å². The Morgan fingerprint density at radius 2 is 1.92 bits per heavy atom. The summed E-state index contributed by atoms with van der Waals surface area (Å²) in [5.41, 5.74) is 0.912. The van der Waals surface area contributed by atoms with Gasteiger partial charge in [0.15, 0.2) is 11.5 Å². The smallest absolute Gasteiger partial charge is 0.244 e. The van der Waals surface area contributed by atoms with Crippen LogP contribution in [0.3, 0.4) is 0 Å². The standard InChI is InChI=1S/C20H29NO3/c1-14(2)24-18-11-7-16(13-19(18)23-4)8-12-20(22)21-17-9-5-15(3)6-10-17/h7-8,11-15,17H,5-6,9-10H2,1-4H3,(H,21,22). The molecule has 0 unspecified atom stereocenters. The molecule has 1 saturated carbocycles. The maximum Gasteiger partial charge on any atom is 0.244 e. The molecule has 0 radical (unpaired) electrons. The summed E-state index contributed by atoms with van der Waals surface area (Å²) in [6, 6.07) is 5.99. The molecule has 24 heavy (non-hydrogen) atoms. The first kappa shape index (κ1) is 18.4. The summed E-state index contributed by atoms with van der Waals surface area (Å²) >= 11 is 0. The minimum atomic E-state index is -0.0315. The number of benzene rings is 1. The Morgan fingerprint density at radius 3 is 2.54 bits per heavy atom. The average Bonchev–Trinajstić information content (AvgIpc) is 2.55.